The van der Waals surface area contributed by atoms with Crippen LogP contribution in [0.25, 0.3) is 6.08 Å². The number of hydrogen-bond acceptors (Lipinski definition) is 4. The minimum absolute atomic E-state index is 0.0971. The Morgan fingerprint density at radius 2 is 1.57 bits per heavy atom. The predicted octanol–water partition coefficient (Wildman–Crippen LogP) is 9.04. The molecule has 3 N–H and O–H groups in total. The molecule has 44 heavy (non-hydrogen) atoms. The third-order valence-electron chi connectivity index (χ3n) is 6.67. The van der Waals surface area contributed by atoms with Crippen molar-refractivity contribution in [2.45, 2.75) is 43.3 Å². The molecule has 226 valence electrons. The second-order valence-electron chi connectivity index (χ2n) is 10.3. The fourth-order valence-corrected chi connectivity index (χ4v) is 5.69. The molecule has 0 aromatic heterocycles. The summed E-state index contributed by atoms with van der Waals surface area (Å²) in [5, 5.41) is 8.96. The molecule has 0 saturated heterocycles. The molecule has 0 spiro atoms. The van der Waals surface area contributed by atoms with Gasteiger partial charge in [0.15, 0.2) is 0 Å². The van der Waals surface area contributed by atoms with Crippen LogP contribution in [0.4, 0.5) is 11.4 Å². The summed E-state index contributed by atoms with van der Waals surface area (Å²) in [4.78, 5) is 40.4. The molecule has 3 amide bonds. The van der Waals surface area contributed by atoms with E-state index in [4.69, 9.17) is 23.2 Å². The van der Waals surface area contributed by atoms with Crippen molar-refractivity contribution in [3.05, 3.63) is 129 Å². The van der Waals surface area contributed by atoms with Gasteiger partial charge in [-0.2, -0.15) is 0 Å². The largest absolute Gasteiger partial charge is 0.324 e. The Hall–Kier alpha value is -4.04. The van der Waals surface area contributed by atoms with Crippen LogP contribution in [0.5, 0.6) is 0 Å². The molecule has 9 heteroatoms. The Morgan fingerprint density at radius 3 is 2.23 bits per heavy atom. The highest BCUT2D eigenvalue weighted by Gasteiger charge is 2.20. The summed E-state index contributed by atoms with van der Waals surface area (Å²) in [7, 11) is 0. The van der Waals surface area contributed by atoms with E-state index in [0.29, 0.717) is 39.3 Å². The van der Waals surface area contributed by atoms with Crippen molar-refractivity contribution in [3.8, 4) is 0 Å². The van der Waals surface area contributed by atoms with Gasteiger partial charge in [0.25, 0.3) is 11.8 Å². The lowest BCUT2D eigenvalue weighted by Gasteiger charge is -2.16. The first-order valence-corrected chi connectivity index (χ1v) is 15.8. The first-order chi connectivity index (χ1) is 21.1. The van der Waals surface area contributed by atoms with E-state index in [9.17, 15) is 14.4 Å². The molecular formula is C35H33Cl2N3O3S. The number of carbonyl (C=O) groups excluding carboxylic acids is 3. The third-order valence-corrected chi connectivity index (χ3v) is 8.57. The second-order valence-corrected chi connectivity index (χ2v) is 12.4. The topological polar surface area (TPSA) is 87.3 Å². The van der Waals surface area contributed by atoms with E-state index < -0.39 is 17.1 Å². The lowest BCUT2D eigenvalue weighted by molar-refractivity contribution is -0.116. The van der Waals surface area contributed by atoms with Gasteiger partial charge in [-0.1, -0.05) is 92.5 Å². The Morgan fingerprint density at radius 1 is 0.841 bits per heavy atom. The molecule has 0 aliphatic rings. The normalized spacial score (nSPS) is 12.0. The summed E-state index contributed by atoms with van der Waals surface area (Å²) < 4.78 is 0. The molecule has 0 radical (unpaired) electrons. The zero-order chi connectivity index (χ0) is 31.6. The summed E-state index contributed by atoms with van der Waals surface area (Å²) >= 11 is 13.6. The van der Waals surface area contributed by atoms with E-state index in [1.54, 1.807) is 66.7 Å². The second kappa shape index (κ2) is 15.6. The monoisotopic (exact) mass is 645 g/mol. The average Bonchev–Trinajstić information content (AvgIpc) is 3.01. The smallest absolute Gasteiger partial charge is 0.272 e. The number of halogens is 2. The van der Waals surface area contributed by atoms with Gasteiger partial charge in [-0.3, -0.25) is 14.4 Å². The van der Waals surface area contributed by atoms with Crippen molar-refractivity contribution in [3.63, 3.8) is 0 Å². The Labute approximate surface area is 272 Å². The fraction of sp³-hybridized carbons (Fsp3) is 0.171. The summed E-state index contributed by atoms with van der Waals surface area (Å²) in [5.74, 6) is -0.708. The highest BCUT2D eigenvalue weighted by Crippen LogP contribution is 2.31. The minimum atomic E-state index is -0.480. The number of anilines is 2. The number of thioether (sulfide) groups is 1. The maximum Gasteiger partial charge on any atom is 0.272 e. The molecule has 0 fully saturated rings. The maximum absolute atomic E-state index is 13.5. The average molecular weight is 647 g/mol. The van der Waals surface area contributed by atoms with Gasteiger partial charge in [-0.15, -0.1) is 11.8 Å². The predicted molar refractivity (Wildman–Crippen MR) is 183 cm³/mol. The Kier molecular flexibility index (Phi) is 11.7. The van der Waals surface area contributed by atoms with Crippen LogP contribution >= 0.6 is 35.0 Å². The molecule has 1 unspecified atom stereocenters. The molecule has 0 heterocycles. The van der Waals surface area contributed by atoms with E-state index in [-0.39, 0.29) is 11.6 Å². The lowest BCUT2D eigenvalue weighted by atomic mass is 10.0. The van der Waals surface area contributed by atoms with Crippen LogP contribution in [0.3, 0.4) is 0 Å². The van der Waals surface area contributed by atoms with Crippen molar-refractivity contribution in [2.75, 3.05) is 10.6 Å². The lowest BCUT2D eigenvalue weighted by Crippen LogP contribution is -2.30. The van der Waals surface area contributed by atoms with Crippen LogP contribution in [0.2, 0.25) is 10.0 Å². The molecule has 0 aliphatic carbocycles. The van der Waals surface area contributed by atoms with Crippen molar-refractivity contribution >= 4 is 70.1 Å². The van der Waals surface area contributed by atoms with Gasteiger partial charge in [0, 0.05) is 21.2 Å². The molecule has 4 aromatic rings. The van der Waals surface area contributed by atoms with Gasteiger partial charge in [0.1, 0.15) is 5.70 Å². The fourth-order valence-electron chi connectivity index (χ4n) is 4.22. The van der Waals surface area contributed by atoms with Crippen molar-refractivity contribution in [2.24, 2.45) is 0 Å². The Balaban J connectivity index is 1.51. The molecule has 4 aromatic carbocycles. The first kappa shape index (κ1) is 32.9. The number of hydrogen-bond donors (Lipinski definition) is 3. The van der Waals surface area contributed by atoms with Crippen LogP contribution in [0, 0.1) is 0 Å². The van der Waals surface area contributed by atoms with Crippen LogP contribution in [0.1, 0.15) is 54.6 Å². The minimum Gasteiger partial charge on any atom is -0.324 e. The van der Waals surface area contributed by atoms with Gasteiger partial charge < -0.3 is 16.0 Å². The van der Waals surface area contributed by atoms with Gasteiger partial charge in [0.2, 0.25) is 5.91 Å². The standard InChI is InChI=1S/C35H33Cl2N3O3S/c1-4-32(35(43)39-30-18-17-26(36)20-29(30)37)44-28-12-8-11-27(21-28)38-34(42)31(40-33(41)25-9-6-5-7-10-25)19-23-13-15-24(16-14-23)22(2)3/h5-22,32H,4H2,1-3H3,(H,38,42)(H,39,43)(H,40,41)/b31-19+. The summed E-state index contributed by atoms with van der Waals surface area (Å²) in [6, 6.07) is 28.7. The number of benzene rings is 4. The van der Waals surface area contributed by atoms with E-state index in [1.807, 2.05) is 43.3 Å². The SMILES string of the molecule is CCC(Sc1cccc(NC(=O)/C(=C\c2ccc(C(C)C)cc2)NC(=O)c2ccccc2)c1)C(=O)Nc1ccc(Cl)cc1Cl. The molecular weight excluding hydrogens is 613 g/mol. The summed E-state index contributed by atoms with van der Waals surface area (Å²) in [6.07, 6.45) is 2.21. The van der Waals surface area contributed by atoms with E-state index in [0.717, 1.165) is 10.5 Å². The molecule has 6 nitrogen and oxygen atoms in total. The number of rotatable bonds is 11. The number of carbonyl (C=O) groups is 3. The van der Waals surface area contributed by atoms with Crippen molar-refractivity contribution < 1.29 is 14.4 Å². The van der Waals surface area contributed by atoms with Gasteiger partial charge in [-0.05, 0) is 78.1 Å². The molecule has 0 bridgehead atoms. The maximum atomic E-state index is 13.5. The van der Waals surface area contributed by atoms with E-state index in [1.165, 1.54) is 17.3 Å². The van der Waals surface area contributed by atoms with Crippen molar-refractivity contribution in [1.82, 2.24) is 5.32 Å². The first-order valence-electron chi connectivity index (χ1n) is 14.1. The van der Waals surface area contributed by atoms with Crippen molar-refractivity contribution in [1.29, 1.82) is 0 Å². The van der Waals surface area contributed by atoms with Crippen LogP contribution < -0.4 is 16.0 Å². The van der Waals surface area contributed by atoms with Crippen LogP contribution in [-0.4, -0.2) is 23.0 Å². The van der Waals surface area contributed by atoms with E-state index in [2.05, 4.69) is 29.8 Å². The number of amides is 3. The van der Waals surface area contributed by atoms with Gasteiger partial charge in [-0.25, -0.2) is 0 Å². The third kappa shape index (κ3) is 9.23. The highest BCUT2D eigenvalue weighted by atomic mass is 35.5. The highest BCUT2D eigenvalue weighted by molar-refractivity contribution is 8.00. The Bertz CT molecular complexity index is 1660. The zero-order valence-electron chi connectivity index (χ0n) is 24.6. The summed E-state index contributed by atoms with van der Waals surface area (Å²) in [5.41, 5.74) is 3.48. The molecule has 4 rings (SSSR count). The number of nitrogens with one attached hydrogen (secondary N) is 3. The van der Waals surface area contributed by atoms with Crippen LogP contribution in [-0.2, 0) is 9.59 Å². The molecule has 1 atom stereocenters. The van der Waals surface area contributed by atoms with Crippen LogP contribution in [0.15, 0.2) is 108 Å². The van der Waals surface area contributed by atoms with E-state index >= 15 is 0 Å². The quantitative estimate of drug-likeness (QED) is 0.112. The zero-order valence-corrected chi connectivity index (χ0v) is 26.9. The molecule has 0 aliphatic heterocycles. The molecule has 0 saturated carbocycles. The summed E-state index contributed by atoms with van der Waals surface area (Å²) in [6.45, 7) is 6.15. The van der Waals surface area contributed by atoms with Gasteiger partial charge in [0.05, 0.1) is 16.0 Å². The van der Waals surface area contributed by atoms with Gasteiger partial charge >= 0.3 is 0 Å².